The number of aryl methyl sites for hydroxylation is 2. The van der Waals surface area contributed by atoms with Crippen molar-refractivity contribution in [3.8, 4) is 11.1 Å². The first-order chi connectivity index (χ1) is 14.6. The van der Waals surface area contributed by atoms with Crippen LogP contribution in [-0.2, 0) is 6.54 Å². The fourth-order valence-electron chi connectivity index (χ4n) is 2.90. The highest BCUT2D eigenvalue weighted by atomic mass is 32.1. The number of halogens is 3. The van der Waals surface area contributed by atoms with Crippen LogP contribution in [0.3, 0.4) is 0 Å². The molecule has 1 atom stereocenters. The number of alkyl halides is 1. The molecule has 2 heterocycles. The second-order valence-electron chi connectivity index (χ2n) is 6.81. The molecule has 10 heteroatoms. The van der Waals surface area contributed by atoms with Gasteiger partial charge in [-0.05, 0) is 38.5 Å². The highest BCUT2D eigenvalue weighted by Crippen LogP contribution is 2.39. The zero-order valence-corrected chi connectivity index (χ0v) is 18.4. The van der Waals surface area contributed by atoms with E-state index in [1.807, 2.05) is 0 Å². The lowest BCUT2D eigenvalue weighted by Gasteiger charge is -2.05. The van der Waals surface area contributed by atoms with Crippen LogP contribution in [0.5, 0.6) is 0 Å². The lowest BCUT2D eigenvalue weighted by atomic mass is 10.0. The molecule has 3 aromatic rings. The van der Waals surface area contributed by atoms with Crippen molar-refractivity contribution in [2.75, 3.05) is 0 Å². The summed E-state index contributed by atoms with van der Waals surface area (Å²) in [5.41, 5.74) is -0.0812. The molecule has 0 bridgehead atoms. The van der Waals surface area contributed by atoms with Crippen LogP contribution in [0.4, 0.5) is 18.2 Å². The molecule has 0 aliphatic heterocycles. The molecule has 3 rings (SSSR count). The van der Waals surface area contributed by atoms with E-state index < -0.39 is 29.3 Å². The molecule has 162 valence electrons. The standard InChI is InChI=1S/C21H17F3N2O3S2/c1-10-4-6-13(19(24)18(10)23)14-9-30-20(17(14)21(27)28)26(29)8-16-25-15(12(3)31-16)7-5-11(2)22/h4-7,9,11H,8H2,1-3H3/p+1. The Labute approximate surface area is 184 Å². The molecule has 0 saturated carbocycles. The molecule has 0 fully saturated rings. The highest BCUT2D eigenvalue weighted by Gasteiger charge is 2.32. The number of benzene rings is 1. The number of nitroso groups, excluding NO2 is 1. The third kappa shape index (κ3) is 4.75. The van der Waals surface area contributed by atoms with Gasteiger partial charge in [-0.15, -0.1) is 11.3 Å². The second kappa shape index (κ2) is 9.11. The molecule has 0 aliphatic rings. The van der Waals surface area contributed by atoms with Gasteiger partial charge in [0.1, 0.15) is 6.17 Å². The summed E-state index contributed by atoms with van der Waals surface area (Å²) in [5, 5.41) is 11.3. The molecule has 1 unspecified atom stereocenters. The number of aromatic carboxylic acids is 1. The van der Waals surface area contributed by atoms with E-state index in [9.17, 15) is 28.0 Å². The summed E-state index contributed by atoms with van der Waals surface area (Å²) in [5.74, 6) is -3.66. The van der Waals surface area contributed by atoms with Gasteiger partial charge in [-0.2, -0.15) is 0 Å². The van der Waals surface area contributed by atoms with Crippen LogP contribution in [0.15, 0.2) is 23.6 Å². The van der Waals surface area contributed by atoms with E-state index in [0.717, 1.165) is 16.2 Å². The minimum absolute atomic E-state index is 0.0689. The van der Waals surface area contributed by atoms with Crippen LogP contribution < -0.4 is 0 Å². The quantitative estimate of drug-likeness (QED) is 0.406. The molecular weight excluding hydrogens is 449 g/mol. The third-order valence-electron chi connectivity index (χ3n) is 4.45. The van der Waals surface area contributed by atoms with Gasteiger partial charge in [0.15, 0.2) is 22.2 Å². The van der Waals surface area contributed by atoms with Crippen molar-refractivity contribution in [2.24, 2.45) is 0 Å². The Morgan fingerprint density at radius 1 is 1.26 bits per heavy atom. The smallest absolute Gasteiger partial charge is 0.344 e. The van der Waals surface area contributed by atoms with Crippen LogP contribution in [0.25, 0.3) is 17.2 Å². The maximum absolute atomic E-state index is 14.4. The maximum atomic E-state index is 14.4. The zero-order chi connectivity index (χ0) is 22.9. The molecule has 0 spiro atoms. The molecular formula is C21H18F3N2O3S2+. The van der Waals surface area contributed by atoms with Gasteiger partial charge in [0.2, 0.25) is 0 Å². The van der Waals surface area contributed by atoms with Gasteiger partial charge in [-0.25, -0.2) is 22.9 Å². The van der Waals surface area contributed by atoms with Crippen LogP contribution >= 0.6 is 22.7 Å². The van der Waals surface area contributed by atoms with Gasteiger partial charge in [0, 0.05) is 26.3 Å². The number of thiazole rings is 1. The van der Waals surface area contributed by atoms with E-state index in [0.29, 0.717) is 15.5 Å². The average molecular weight is 468 g/mol. The Hall–Kier alpha value is -2.85. The normalized spacial score (nSPS) is 12.5. The van der Waals surface area contributed by atoms with Crippen molar-refractivity contribution in [3.05, 3.63) is 66.8 Å². The number of hydrogen-bond donors (Lipinski definition) is 1. The molecule has 1 N–H and O–H groups in total. The Kier molecular flexibility index (Phi) is 6.71. The first-order valence-corrected chi connectivity index (χ1v) is 10.8. The Bertz CT molecular complexity index is 1200. The topological polar surface area (TPSA) is 70.3 Å². The second-order valence-corrected chi connectivity index (χ2v) is 8.96. The fourth-order valence-corrected chi connectivity index (χ4v) is 4.76. The SMILES string of the molecule is Cc1ccc(-c2csc([N+](=O)Cc3nc(C=CC(C)F)c(C)s3)c2C(=O)O)c(F)c1F. The monoisotopic (exact) mass is 467 g/mol. The van der Waals surface area contributed by atoms with Crippen LogP contribution in [0, 0.1) is 30.4 Å². The number of allylic oxidation sites excluding steroid dienone is 1. The average Bonchev–Trinajstić information content (AvgIpc) is 3.28. The fraction of sp³-hybridized carbons (Fsp3) is 0.238. The number of thiophene rings is 1. The highest BCUT2D eigenvalue weighted by molar-refractivity contribution is 7.14. The minimum atomic E-state index is -1.43. The predicted octanol–water partition coefficient (Wildman–Crippen LogP) is 6.45. The molecule has 0 aliphatic carbocycles. The Morgan fingerprint density at radius 2 is 1.97 bits per heavy atom. The van der Waals surface area contributed by atoms with Crippen LogP contribution in [0.2, 0.25) is 0 Å². The van der Waals surface area contributed by atoms with Crippen molar-refractivity contribution >= 4 is 39.7 Å². The van der Waals surface area contributed by atoms with Crippen molar-refractivity contribution in [1.82, 2.24) is 4.98 Å². The minimum Gasteiger partial charge on any atom is -0.477 e. The number of carbonyl (C=O) groups is 1. The number of rotatable bonds is 7. The number of hydrogen-bond acceptors (Lipinski definition) is 5. The van der Waals surface area contributed by atoms with E-state index in [-0.39, 0.29) is 28.2 Å². The van der Waals surface area contributed by atoms with Crippen molar-refractivity contribution in [2.45, 2.75) is 33.5 Å². The molecule has 0 amide bonds. The molecule has 5 nitrogen and oxygen atoms in total. The number of nitrogens with zero attached hydrogens (tertiary/aromatic N) is 2. The summed E-state index contributed by atoms with van der Waals surface area (Å²) in [7, 11) is 0. The van der Waals surface area contributed by atoms with E-state index in [4.69, 9.17) is 0 Å². The van der Waals surface area contributed by atoms with Crippen LogP contribution in [0.1, 0.15) is 38.4 Å². The first-order valence-electron chi connectivity index (χ1n) is 9.13. The van der Waals surface area contributed by atoms with Gasteiger partial charge in [0.25, 0.3) is 6.54 Å². The summed E-state index contributed by atoms with van der Waals surface area (Å²) in [6.07, 6.45) is 1.72. The van der Waals surface area contributed by atoms with E-state index in [2.05, 4.69) is 4.98 Å². The Morgan fingerprint density at radius 3 is 2.61 bits per heavy atom. The van der Waals surface area contributed by atoms with Crippen molar-refractivity contribution in [3.63, 3.8) is 0 Å². The third-order valence-corrected chi connectivity index (χ3v) is 6.41. The summed E-state index contributed by atoms with van der Waals surface area (Å²) in [4.78, 5) is 29.7. The summed E-state index contributed by atoms with van der Waals surface area (Å²) in [6, 6.07) is 2.63. The van der Waals surface area contributed by atoms with Gasteiger partial charge in [-0.3, -0.25) is 0 Å². The van der Waals surface area contributed by atoms with Crippen molar-refractivity contribution < 1.29 is 27.8 Å². The lowest BCUT2D eigenvalue weighted by molar-refractivity contribution is -0.476. The molecule has 0 radical (unpaired) electrons. The van der Waals surface area contributed by atoms with E-state index >= 15 is 0 Å². The van der Waals surface area contributed by atoms with Crippen LogP contribution in [-0.4, -0.2) is 27.0 Å². The summed E-state index contributed by atoms with van der Waals surface area (Å²) >= 11 is 2.06. The molecule has 31 heavy (non-hydrogen) atoms. The zero-order valence-electron chi connectivity index (χ0n) is 16.8. The molecule has 0 saturated heterocycles. The van der Waals surface area contributed by atoms with Gasteiger partial charge in [-0.1, -0.05) is 23.5 Å². The molecule has 1 aromatic carbocycles. The largest absolute Gasteiger partial charge is 0.477 e. The summed E-state index contributed by atoms with van der Waals surface area (Å²) < 4.78 is 41.9. The molecule has 2 aromatic heterocycles. The number of carboxylic acids is 1. The number of carboxylic acid groups (broad SMARTS) is 1. The Balaban J connectivity index is 1.96. The lowest BCUT2D eigenvalue weighted by Crippen LogP contribution is -2.06. The summed E-state index contributed by atoms with van der Waals surface area (Å²) in [6.45, 7) is 4.31. The van der Waals surface area contributed by atoms with Crippen molar-refractivity contribution in [1.29, 1.82) is 0 Å². The van der Waals surface area contributed by atoms with Gasteiger partial charge >= 0.3 is 11.0 Å². The van der Waals surface area contributed by atoms with E-state index in [1.165, 1.54) is 54.8 Å². The number of aromatic nitrogens is 1. The predicted molar refractivity (Wildman–Crippen MR) is 115 cm³/mol. The first kappa shape index (κ1) is 22.8. The maximum Gasteiger partial charge on any atom is 0.344 e. The van der Waals surface area contributed by atoms with E-state index in [1.54, 1.807) is 6.92 Å². The van der Waals surface area contributed by atoms with Gasteiger partial charge in [0.05, 0.1) is 10.5 Å². The van der Waals surface area contributed by atoms with Gasteiger partial charge < -0.3 is 5.11 Å².